The highest BCUT2D eigenvalue weighted by molar-refractivity contribution is 6.02. The smallest absolute Gasteiger partial charge is 0.359 e. The number of aryl methyl sites for hydroxylation is 1. The molecular formula is C18H20N4O4. The van der Waals surface area contributed by atoms with Crippen LogP contribution in [0.2, 0.25) is 0 Å². The highest BCUT2D eigenvalue weighted by atomic mass is 16.6. The normalized spacial score (nSPS) is 11.7. The Morgan fingerprint density at radius 2 is 1.92 bits per heavy atom. The van der Waals surface area contributed by atoms with Crippen LogP contribution in [0.25, 0.3) is 10.8 Å². The maximum absolute atomic E-state index is 12.5. The Balaban J connectivity index is 1.87. The van der Waals surface area contributed by atoms with Gasteiger partial charge in [0.25, 0.3) is 11.4 Å². The van der Waals surface area contributed by atoms with Gasteiger partial charge in [0.2, 0.25) is 0 Å². The molecule has 8 nitrogen and oxygen atoms in total. The standard InChI is InChI=1S/C18H20N4O4/c1-5-22-15(23)12-9-7-6-8-11(12)14(20-22)16(24)25-10-13-19-17(21-26-13)18(2,3)4/h6-9H,5,10H2,1-4H3. The molecule has 0 saturated heterocycles. The molecule has 0 radical (unpaired) electrons. The molecule has 0 fully saturated rings. The predicted molar refractivity (Wildman–Crippen MR) is 93.8 cm³/mol. The molecule has 2 heterocycles. The number of ether oxygens (including phenoxy) is 1. The lowest BCUT2D eigenvalue weighted by molar-refractivity contribution is 0.0422. The van der Waals surface area contributed by atoms with Crippen molar-refractivity contribution in [3.8, 4) is 0 Å². The van der Waals surface area contributed by atoms with Crippen molar-refractivity contribution in [2.75, 3.05) is 0 Å². The monoisotopic (exact) mass is 356 g/mol. The fourth-order valence-electron chi connectivity index (χ4n) is 2.41. The molecule has 0 saturated carbocycles. The number of fused-ring (bicyclic) bond motifs is 1. The van der Waals surface area contributed by atoms with Gasteiger partial charge in [-0.15, -0.1) is 0 Å². The third-order valence-corrected chi connectivity index (χ3v) is 3.83. The lowest BCUT2D eigenvalue weighted by Gasteiger charge is -2.11. The molecule has 136 valence electrons. The van der Waals surface area contributed by atoms with Crippen LogP contribution in [-0.2, 0) is 23.3 Å². The van der Waals surface area contributed by atoms with Crippen molar-refractivity contribution in [2.45, 2.75) is 46.3 Å². The van der Waals surface area contributed by atoms with Crippen LogP contribution < -0.4 is 5.56 Å². The van der Waals surface area contributed by atoms with E-state index in [1.165, 1.54) is 4.68 Å². The summed E-state index contributed by atoms with van der Waals surface area (Å²) in [6.45, 7) is 7.84. The van der Waals surface area contributed by atoms with Gasteiger partial charge in [0, 0.05) is 17.3 Å². The average Bonchev–Trinajstić information content (AvgIpc) is 3.10. The SMILES string of the molecule is CCn1nc(C(=O)OCc2nc(C(C)(C)C)no2)c2ccccc2c1=O. The second-order valence-corrected chi connectivity index (χ2v) is 6.85. The second-order valence-electron chi connectivity index (χ2n) is 6.85. The van der Waals surface area contributed by atoms with Gasteiger partial charge in [-0.25, -0.2) is 9.48 Å². The van der Waals surface area contributed by atoms with E-state index in [0.29, 0.717) is 23.1 Å². The Labute approximate surface area is 149 Å². The number of carbonyl (C=O) groups is 1. The molecule has 3 rings (SSSR count). The van der Waals surface area contributed by atoms with Crippen molar-refractivity contribution in [1.82, 2.24) is 19.9 Å². The lowest BCUT2D eigenvalue weighted by Crippen LogP contribution is -2.25. The van der Waals surface area contributed by atoms with Crippen LogP contribution in [0.3, 0.4) is 0 Å². The number of hydrogen-bond acceptors (Lipinski definition) is 7. The minimum Gasteiger partial charge on any atom is -0.451 e. The van der Waals surface area contributed by atoms with Gasteiger partial charge in [-0.1, -0.05) is 44.1 Å². The van der Waals surface area contributed by atoms with Gasteiger partial charge < -0.3 is 9.26 Å². The average molecular weight is 356 g/mol. The Morgan fingerprint density at radius 1 is 1.23 bits per heavy atom. The van der Waals surface area contributed by atoms with E-state index in [1.54, 1.807) is 31.2 Å². The number of aromatic nitrogens is 4. The molecule has 0 aliphatic carbocycles. The van der Waals surface area contributed by atoms with Crippen molar-refractivity contribution >= 4 is 16.7 Å². The topological polar surface area (TPSA) is 100 Å². The summed E-state index contributed by atoms with van der Waals surface area (Å²) in [4.78, 5) is 29.1. The van der Waals surface area contributed by atoms with Crippen LogP contribution in [0.5, 0.6) is 0 Å². The van der Waals surface area contributed by atoms with E-state index in [9.17, 15) is 9.59 Å². The van der Waals surface area contributed by atoms with E-state index in [1.807, 2.05) is 20.8 Å². The van der Waals surface area contributed by atoms with Gasteiger partial charge in [0.1, 0.15) is 0 Å². The molecule has 3 aromatic rings. The van der Waals surface area contributed by atoms with Gasteiger partial charge >= 0.3 is 5.97 Å². The quantitative estimate of drug-likeness (QED) is 0.662. The molecule has 0 spiro atoms. The molecule has 0 unspecified atom stereocenters. The molecule has 0 aliphatic rings. The summed E-state index contributed by atoms with van der Waals surface area (Å²) < 4.78 is 11.6. The van der Waals surface area contributed by atoms with Crippen LogP contribution in [-0.4, -0.2) is 25.9 Å². The molecule has 1 aromatic carbocycles. The van der Waals surface area contributed by atoms with Crippen molar-refractivity contribution in [1.29, 1.82) is 0 Å². The highest BCUT2D eigenvalue weighted by Crippen LogP contribution is 2.19. The molecule has 26 heavy (non-hydrogen) atoms. The molecule has 0 bridgehead atoms. The van der Waals surface area contributed by atoms with E-state index in [0.717, 1.165) is 0 Å². The molecule has 0 amide bonds. The first-order valence-electron chi connectivity index (χ1n) is 8.31. The number of rotatable bonds is 4. The molecule has 0 atom stereocenters. The first-order chi connectivity index (χ1) is 12.3. The Kier molecular flexibility index (Phi) is 4.58. The zero-order valence-corrected chi connectivity index (χ0v) is 15.1. The van der Waals surface area contributed by atoms with Gasteiger partial charge in [0.05, 0.1) is 5.39 Å². The summed E-state index contributed by atoms with van der Waals surface area (Å²) in [5.74, 6) is 0.0851. The first kappa shape index (κ1) is 17.8. The van der Waals surface area contributed by atoms with Crippen molar-refractivity contribution in [3.63, 3.8) is 0 Å². The van der Waals surface area contributed by atoms with Crippen LogP contribution in [0.4, 0.5) is 0 Å². The summed E-state index contributed by atoms with van der Waals surface area (Å²) in [5, 5.41) is 8.90. The Hall–Kier alpha value is -3.03. The summed E-state index contributed by atoms with van der Waals surface area (Å²) in [7, 11) is 0. The van der Waals surface area contributed by atoms with Crippen molar-refractivity contribution in [3.05, 3.63) is 52.0 Å². The van der Waals surface area contributed by atoms with Crippen LogP contribution in [0.1, 0.15) is 49.9 Å². The summed E-state index contributed by atoms with van der Waals surface area (Å²) in [6.07, 6.45) is 0. The Bertz CT molecular complexity index is 1010. The van der Waals surface area contributed by atoms with E-state index in [4.69, 9.17) is 9.26 Å². The molecule has 0 N–H and O–H groups in total. The zero-order valence-electron chi connectivity index (χ0n) is 15.1. The van der Waals surface area contributed by atoms with Gasteiger partial charge in [-0.05, 0) is 13.0 Å². The summed E-state index contributed by atoms with van der Waals surface area (Å²) in [5.41, 5.74) is -0.427. The van der Waals surface area contributed by atoms with Gasteiger partial charge in [-0.3, -0.25) is 4.79 Å². The van der Waals surface area contributed by atoms with E-state index < -0.39 is 5.97 Å². The largest absolute Gasteiger partial charge is 0.451 e. The zero-order chi connectivity index (χ0) is 18.9. The van der Waals surface area contributed by atoms with Gasteiger partial charge in [-0.2, -0.15) is 10.1 Å². The van der Waals surface area contributed by atoms with Crippen LogP contribution in [0.15, 0.2) is 33.6 Å². The van der Waals surface area contributed by atoms with E-state index in [2.05, 4.69) is 15.2 Å². The molecule has 0 aliphatic heterocycles. The van der Waals surface area contributed by atoms with E-state index in [-0.39, 0.29) is 29.2 Å². The van der Waals surface area contributed by atoms with Crippen molar-refractivity contribution in [2.24, 2.45) is 0 Å². The maximum Gasteiger partial charge on any atom is 0.359 e. The fourth-order valence-corrected chi connectivity index (χ4v) is 2.41. The van der Waals surface area contributed by atoms with Gasteiger partial charge in [0.15, 0.2) is 18.1 Å². The van der Waals surface area contributed by atoms with E-state index >= 15 is 0 Å². The Morgan fingerprint density at radius 3 is 2.54 bits per heavy atom. The second kappa shape index (κ2) is 6.70. The highest BCUT2D eigenvalue weighted by Gasteiger charge is 2.22. The summed E-state index contributed by atoms with van der Waals surface area (Å²) in [6, 6.07) is 6.82. The van der Waals surface area contributed by atoms with Crippen LogP contribution >= 0.6 is 0 Å². The first-order valence-corrected chi connectivity index (χ1v) is 8.31. The fraction of sp³-hybridized carbons (Fsp3) is 0.389. The minimum absolute atomic E-state index is 0.0811. The number of nitrogens with zero attached hydrogens (tertiary/aromatic N) is 4. The molecule has 2 aromatic heterocycles. The molecule has 8 heteroatoms. The minimum atomic E-state index is -0.654. The predicted octanol–water partition coefficient (Wildman–Crippen LogP) is 2.45. The molecular weight excluding hydrogens is 336 g/mol. The van der Waals surface area contributed by atoms with Crippen LogP contribution in [0, 0.1) is 0 Å². The number of carbonyl (C=O) groups excluding carboxylic acids is 1. The number of esters is 1. The third kappa shape index (κ3) is 3.35. The lowest BCUT2D eigenvalue weighted by atomic mass is 9.96. The maximum atomic E-state index is 12.5. The summed E-state index contributed by atoms with van der Waals surface area (Å²) >= 11 is 0. The third-order valence-electron chi connectivity index (χ3n) is 3.83. The number of hydrogen-bond donors (Lipinski definition) is 0. The van der Waals surface area contributed by atoms with Crippen molar-refractivity contribution < 1.29 is 14.1 Å². The number of benzene rings is 1.